The van der Waals surface area contributed by atoms with Gasteiger partial charge in [0.15, 0.2) is 4.32 Å². The van der Waals surface area contributed by atoms with Crippen LogP contribution in [0.2, 0.25) is 5.02 Å². The van der Waals surface area contributed by atoms with Crippen molar-refractivity contribution < 1.29 is 18.7 Å². The van der Waals surface area contributed by atoms with Gasteiger partial charge in [0.25, 0.3) is 5.91 Å². The summed E-state index contributed by atoms with van der Waals surface area (Å²) in [7, 11) is 1.58. The summed E-state index contributed by atoms with van der Waals surface area (Å²) in [6, 6.07) is 16.9. The molecule has 33 heavy (non-hydrogen) atoms. The molecule has 9 heteroatoms. The van der Waals surface area contributed by atoms with E-state index in [1.54, 1.807) is 55.7 Å². The molecule has 0 saturated carbocycles. The minimum Gasteiger partial charge on any atom is -0.497 e. The van der Waals surface area contributed by atoms with Crippen molar-refractivity contribution in [1.82, 2.24) is 0 Å². The number of hydrogen-bond acceptors (Lipinski definition) is 5. The molecule has 1 amide bonds. The molecule has 1 fully saturated rings. The SMILES string of the molecule is COc1ccc(N2C(=O)/C(=C\c3cc(Br)ccc3OCc3c(F)cccc3Cl)SC2=S)cc1. The summed E-state index contributed by atoms with van der Waals surface area (Å²) in [4.78, 5) is 15.1. The van der Waals surface area contributed by atoms with Gasteiger partial charge < -0.3 is 9.47 Å². The fourth-order valence-electron chi connectivity index (χ4n) is 3.15. The molecule has 0 N–H and O–H groups in total. The predicted octanol–water partition coefficient (Wildman–Crippen LogP) is 7.24. The van der Waals surface area contributed by atoms with E-state index in [4.69, 9.17) is 33.3 Å². The lowest BCUT2D eigenvalue weighted by molar-refractivity contribution is -0.113. The number of carbonyl (C=O) groups excluding carboxylic acids is 1. The number of nitrogens with zero attached hydrogens (tertiary/aromatic N) is 1. The Balaban J connectivity index is 1.61. The third kappa shape index (κ3) is 5.24. The molecular weight excluding hydrogens is 549 g/mol. The molecule has 0 spiro atoms. The molecule has 0 aliphatic carbocycles. The number of amides is 1. The number of rotatable bonds is 6. The van der Waals surface area contributed by atoms with Crippen LogP contribution in [-0.4, -0.2) is 17.3 Å². The summed E-state index contributed by atoms with van der Waals surface area (Å²) in [6.45, 7) is -0.0548. The lowest BCUT2D eigenvalue weighted by Gasteiger charge is -2.15. The molecule has 0 radical (unpaired) electrons. The van der Waals surface area contributed by atoms with Gasteiger partial charge in [-0.25, -0.2) is 4.39 Å². The molecule has 4 nitrogen and oxygen atoms in total. The maximum atomic E-state index is 14.1. The second kappa shape index (κ2) is 10.3. The molecule has 0 unspecified atom stereocenters. The predicted molar refractivity (Wildman–Crippen MR) is 139 cm³/mol. The van der Waals surface area contributed by atoms with Gasteiger partial charge in [0.1, 0.15) is 23.9 Å². The van der Waals surface area contributed by atoms with Crippen molar-refractivity contribution in [2.75, 3.05) is 12.0 Å². The first-order chi connectivity index (χ1) is 15.9. The largest absolute Gasteiger partial charge is 0.497 e. The molecule has 168 valence electrons. The van der Waals surface area contributed by atoms with Crippen molar-refractivity contribution in [2.24, 2.45) is 0 Å². The van der Waals surface area contributed by atoms with Gasteiger partial charge in [-0.15, -0.1) is 0 Å². The fraction of sp³-hybridized carbons (Fsp3) is 0.0833. The van der Waals surface area contributed by atoms with E-state index in [0.717, 1.165) is 4.47 Å². The van der Waals surface area contributed by atoms with Crippen LogP contribution in [0.25, 0.3) is 6.08 Å². The normalized spacial score (nSPS) is 14.8. The zero-order valence-electron chi connectivity index (χ0n) is 17.2. The van der Waals surface area contributed by atoms with E-state index in [-0.39, 0.29) is 23.1 Å². The van der Waals surface area contributed by atoms with E-state index < -0.39 is 5.82 Å². The molecule has 1 saturated heterocycles. The Morgan fingerprint density at radius 2 is 1.94 bits per heavy atom. The maximum absolute atomic E-state index is 14.1. The van der Waals surface area contributed by atoms with Crippen LogP contribution in [0.4, 0.5) is 10.1 Å². The highest BCUT2D eigenvalue weighted by molar-refractivity contribution is 9.10. The van der Waals surface area contributed by atoms with E-state index in [0.29, 0.717) is 32.0 Å². The first-order valence-electron chi connectivity index (χ1n) is 9.64. The number of halogens is 3. The van der Waals surface area contributed by atoms with Crippen molar-refractivity contribution >= 4 is 73.5 Å². The number of thioether (sulfide) groups is 1. The van der Waals surface area contributed by atoms with Crippen LogP contribution >= 0.6 is 51.5 Å². The Labute approximate surface area is 213 Å². The highest BCUT2D eigenvalue weighted by Crippen LogP contribution is 2.38. The minimum atomic E-state index is -0.443. The van der Waals surface area contributed by atoms with Gasteiger partial charge in [-0.2, -0.15) is 0 Å². The average Bonchev–Trinajstić information content (AvgIpc) is 3.07. The van der Waals surface area contributed by atoms with Crippen LogP contribution in [0.15, 0.2) is 70.0 Å². The third-order valence-corrected chi connectivity index (χ3v) is 6.97. The van der Waals surface area contributed by atoms with Gasteiger partial charge in [0, 0.05) is 15.6 Å². The zero-order valence-corrected chi connectivity index (χ0v) is 21.2. The first kappa shape index (κ1) is 23.8. The Bertz CT molecular complexity index is 1250. The van der Waals surface area contributed by atoms with Crippen molar-refractivity contribution in [2.45, 2.75) is 6.61 Å². The zero-order chi connectivity index (χ0) is 23.5. The molecular formula is C24H16BrClFNO3S2. The first-order valence-corrected chi connectivity index (χ1v) is 12.0. The lowest BCUT2D eigenvalue weighted by Crippen LogP contribution is -2.27. The van der Waals surface area contributed by atoms with Gasteiger partial charge in [-0.3, -0.25) is 9.69 Å². The van der Waals surface area contributed by atoms with Crippen molar-refractivity contribution in [3.8, 4) is 11.5 Å². The minimum absolute atomic E-state index is 0.0548. The molecule has 1 heterocycles. The Morgan fingerprint density at radius 1 is 1.18 bits per heavy atom. The average molecular weight is 565 g/mol. The summed E-state index contributed by atoms with van der Waals surface area (Å²) >= 11 is 16.2. The topological polar surface area (TPSA) is 38.8 Å². The van der Waals surface area contributed by atoms with Gasteiger partial charge in [-0.1, -0.05) is 57.6 Å². The number of anilines is 1. The highest BCUT2D eigenvalue weighted by Gasteiger charge is 2.33. The van der Waals surface area contributed by atoms with Gasteiger partial charge in [0.2, 0.25) is 0 Å². The number of carbonyl (C=O) groups is 1. The standard InChI is InChI=1S/C24H16BrClFNO3S2/c1-30-17-8-6-16(7-9-17)28-23(29)22(33-24(28)32)12-14-11-15(25)5-10-21(14)31-13-18-19(26)3-2-4-20(18)27/h2-12H,13H2,1H3/b22-12+. The number of thiocarbonyl (C=S) groups is 1. The van der Waals surface area contributed by atoms with Crippen LogP contribution in [0.5, 0.6) is 11.5 Å². The highest BCUT2D eigenvalue weighted by atomic mass is 79.9. The molecule has 0 bridgehead atoms. The van der Waals surface area contributed by atoms with Crippen LogP contribution < -0.4 is 14.4 Å². The molecule has 0 aromatic heterocycles. The summed E-state index contributed by atoms with van der Waals surface area (Å²) in [5.74, 6) is 0.484. The summed E-state index contributed by atoms with van der Waals surface area (Å²) in [5.41, 5.74) is 1.56. The van der Waals surface area contributed by atoms with E-state index in [1.165, 1.54) is 28.8 Å². The smallest absolute Gasteiger partial charge is 0.270 e. The fourth-order valence-corrected chi connectivity index (χ4v) is 5.03. The van der Waals surface area contributed by atoms with Crippen molar-refractivity contribution in [1.29, 1.82) is 0 Å². The van der Waals surface area contributed by atoms with E-state index in [1.807, 2.05) is 6.07 Å². The number of ether oxygens (including phenoxy) is 2. The maximum Gasteiger partial charge on any atom is 0.270 e. The van der Waals surface area contributed by atoms with E-state index in [2.05, 4.69) is 15.9 Å². The monoisotopic (exact) mass is 563 g/mol. The van der Waals surface area contributed by atoms with Crippen LogP contribution in [0, 0.1) is 5.82 Å². The molecule has 1 aliphatic heterocycles. The van der Waals surface area contributed by atoms with Gasteiger partial charge in [0.05, 0.1) is 22.7 Å². The van der Waals surface area contributed by atoms with Crippen molar-refractivity contribution in [3.63, 3.8) is 0 Å². The quantitative estimate of drug-likeness (QED) is 0.233. The van der Waals surface area contributed by atoms with Gasteiger partial charge in [-0.05, 0) is 60.7 Å². The summed E-state index contributed by atoms with van der Waals surface area (Å²) in [6.07, 6.45) is 1.71. The number of hydrogen-bond donors (Lipinski definition) is 0. The molecule has 4 rings (SSSR count). The Kier molecular flexibility index (Phi) is 7.38. The summed E-state index contributed by atoms with van der Waals surface area (Å²) in [5, 5.41) is 0.286. The van der Waals surface area contributed by atoms with Crippen LogP contribution in [0.1, 0.15) is 11.1 Å². The number of benzene rings is 3. The number of methoxy groups -OCH3 is 1. The Morgan fingerprint density at radius 3 is 2.64 bits per heavy atom. The van der Waals surface area contributed by atoms with Crippen LogP contribution in [-0.2, 0) is 11.4 Å². The van der Waals surface area contributed by atoms with Crippen molar-refractivity contribution in [3.05, 3.63) is 92.0 Å². The molecule has 0 atom stereocenters. The van der Waals surface area contributed by atoms with Gasteiger partial charge >= 0.3 is 0 Å². The van der Waals surface area contributed by atoms with E-state index in [9.17, 15) is 9.18 Å². The lowest BCUT2D eigenvalue weighted by atomic mass is 10.1. The third-order valence-electron chi connectivity index (χ3n) is 4.82. The molecule has 1 aliphatic rings. The van der Waals surface area contributed by atoms with E-state index >= 15 is 0 Å². The molecule has 3 aromatic rings. The Hall–Kier alpha value is -2.39. The molecule has 3 aromatic carbocycles. The summed E-state index contributed by atoms with van der Waals surface area (Å²) < 4.78 is 26.4. The van der Waals surface area contributed by atoms with Crippen LogP contribution in [0.3, 0.4) is 0 Å². The second-order valence-corrected chi connectivity index (χ2v) is 9.88. The second-order valence-electron chi connectivity index (χ2n) is 6.89.